The molecule has 2 aromatic heterocycles. The average molecular weight is 563 g/mol. The van der Waals surface area contributed by atoms with Crippen molar-refractivity contribution in [3.8, 4) is 28.7 Å². The van der Waals surface area contributed by atoms with Crippen LogP contribution in [-0.4, -0.2) is 28.4 Å². The highest BCUT2D eigenvalue weighted by Crippen LogP contribution is 2.42. The summed E-state index contributed by atoms with van der Waals surface area (Å²) in [4.78, 5) is 6.85. The van der Waals surface area contributed by atoms with E-state index in [4.69, 9.17) is 26.4 Å². The molecule has 0 bridgehead atoms. The van der Waals surface area contributed by atoms with E-state index in [0.29, 0.717) is 11.7 Å². The maximum atomic E-state index is 6.07. The number of nitrogens with one attached hydrogen (secondary N) is 1. The lowest BCUT2D eigenvalue weighted by Crippen LogP contribution is -2.30. The number of nitrogens with zero attached hydrogens (tertiary/aromatic N) is 3. The Morgan fingerprint density at radius 3 is 2.10 bits per heavy atom. The summed E-state index contributed by atoms with van der Waals surface area (Å²) >= 11 is 5.94. The highest BCUT2D eigenvalue weighted by molar-refractivity contribution is 7.80. The van der Waals surface area contributed by atoms with Gasteiger partial charge < -0.3 is 29.0 Å². The molecular formula is C33H30N4O3S. The van der Waals surface area contributed by atoms with Gasteiger partial charge in [0.2, 0.25) is 0 Å². The normalized spacial score (nSPS) is 16.3. The van der Waals surface area contributed by atoms with Gasteiger partial charge in [0.05, 0.1) is 25.5 Å². The predicted molar refractivity (Wildman–Crippen MR) is 164 cm³/mol. The zero-order valence-electron chi connectivity index (χ0n) is 22.8. The van der Waals surface area contributed by atoms with Crippen LogP contribution in [0.25, 0.3) is 5.69 Å². The van der Waals surface area contributed by atoms with Gasteiger partial charge in [-0.25, -0.2) is 0 Å². The van der Waals surface area contributed by atoms with Crippen LogP contribution in [0.4, 0.5) is 5.69 Å². The fourth-order valence-corrected chi connectivity index (χ4v) is 5.47. The van der Waals surface area contributed by atoms with Crippen LogP contribution in [0.5, 0.6) is 23.0 Å². The number of pyridine rings is 1. The molecule has 1 aliphatic heterocycles. The van der Waals surface area contributed by atoms with Gasteiger partial charge in [0.25, 0.3) is 0 Å². The van der Waals surface area contributed by atoms with E-state index in [1.807, 2.05) is 92.0 Å². The van der Waals surface area contributed by atoms with E-state index in [1.165, 1.54) is 0 Å². The van der Waals surface area contributed by atoms with Gasteiger partial charge in [-0.3, -0.25) is 4.98 Å². The third kappa shape index (κ3) is 5.47. The Morgan fingerprint density at radius 2 is 1.44 bits per heavy atom. The van der Waals surface area contributed by atoms with Crippen molar-refractivity contribution in [2.24, 2.45) is 0 Å². The molecule has 0 saturated carbocycles. The third-order valence-corrected chi connectivity index (χ3v) is 7.33. The van der Waals surface area contributed by atoms with Crippen LogP contribution in [0.1, 0.15) is 30.4 Å². The first-order chi connectivity index (χ1) is 20.1. The summed E-state index contributed by atoms with van der Waals surface area (Å²) in [5.74, 6) is 3.09. The number of aromatic nitrogens is 2. The number of hydrogen-bond donors (Lipinski definition) is 1. The lowest BCUT2D eigenvalue weighted by molar-refractivity contribution is 0.340. The quantitative estimate of drug-likeness (QED) is 0.190. The van der Waals surface area contributed by atoms with Crippen LogP contribution in [0, 0.1) is 0 Å². The predicted octanol–water partition coefficient (Wildman–Crippen LogP) is 7.25. The van der Waals surface area contributed by atoms with E-state index in [0.717, 1.165) is 45.8 Å². The molecule has 1 saturated heterocycles. The number of benzene rings is 3. The Kier molecular flexibility index (Phi) is 7.56. The molecule has 1 aliphatic rings. The van der Waals surface area contributed by atoms with Gasteiger partial charge in [-0.15, -0.1) is 0 Å². The van der Waals surface area contributed by atoms with Gasteiger partial charge in [-0.1, -0.05) is 6.07 Å². The molecule has 0 spiro atoms. The Hall–Kier alpha value is -4.82. The maximum absolute atomic E-state index is 6.07. The maximum Gasteiger partial charge on any atom is 0.174 e. The highest BCUT2D eigenvalue weighted by atomic mass is 32.1. The van der Waals surface area contributed by atoms with Crippen molar-refractivity contribution in [1.82, 2.24) is 14.9 Å². The molecule has 0 amide bonds. The zero-order chi connectivity index (χ0) is 28.2. The molecule has 7 nitrogen and oxygen atoms in total. The van der Waals surface area contributed by atoms with Crippen molar-refractivity contribution in [3.63, 3.8) is 0 Å². The smallest absolute Gasteiger partial charge is 0.174 e. The molecular weight excluding hydrogens is 532 g/mol. The lowest BCUT2D eigenvalue weighted by atomic mass is 10.0. The second-order valence-electron chi connectivity index (χ2n) is 9.50. The molecule has 0 unspecified atom stereocenters. The average Bonchev–Trinajstić information content (AvgIpc) is 3.63. The van der Waals surface area contributed by atoms with Gasteiger partial charge in [0.1, 0.15) is 29.0 Å². The molecule has 0 aliphatic carbocycles. The summed E-state index contributed by atoms with van der Waals surface area (Å²) in [6.45, 7) is 2.61. The van der Waals surface area contributed by atoms with Crippen molar-refractivity contribution in [3.05, 3.63) is 127 Å². The van der Waals surface area contributed by atoms with Crippen LogP contribution >= 0.6 is 12.2 Å². The van der Waals surface area contributed by atoms with Crippen molar-refractivity contribution < 1.29 is 14.2 Å². The number of thiocarbonyl (C=S) groups is 1. The van der Waals surface area contributed by atoms with E-state index in [-0.39, 0.29) is 12.1 Å². The SMILES string of the molecule is CCOc1ccc(-n2cccc2[C@H]2[C@H](c3ccccn3)NC(=S)N2c2ccc(Oc3ccc(OC)cc3)cc2)cc1. The minimum Gasteiger partial charge on any atom is -0.497 e. The van der Waals surface area contributed by atoms with E-state index in [9.17, 15) is 0 Å². The Bertz CT molecular complexity index is 1600. The van der Waals surface area contributed by atoms with Gasteiger partial charge in [0.15, 0.2) is 5.11 Å². The van der Waals surface area contributed by atoms with E-state index in [2.05, 4.69) is 50.2 Å². The minimum atomic E-state index is -0.160. The Balaban J connectivity index is 1.35. The number of methoxy groups -OCH3 is 1. The molecule has 1 fully saturated rings. The Labute approximate surface area is 244 Å². The van der Waals surface area contributed by atoms with Crippen LogP contribution in [0.2, 0.25) is 0 Å². The first kappa shape index (κ1) is 26.4. The van der Waals surface area contributed by atoms with Gasteiger partial charge in [-0.2, -0.15) is 0 Å². The van der Waals surface area contributed by atoms with Crippen LogP contribution in [-0.2, 0) is 0 Å². The number of anilines is 1. The van der Waals surface area contributed by atoms with E-state index >= 15 is 0 Å². The monoisotopic (exact) mass is 562 g/mol. The fourth-order valence-electron chi connectivity index (χ4n) is 5.13. The summed E-state index contributed by atoms with van der Waals surface area (Å²) in [5.41, 5.74) is 3.98. The van der Waals surface area contributed by atoms with Crippen molar-refractivity contribution in [2.75, 3.05) is 18.6 Å². The van der Waals surface area contributed by atoms with Crippen LogP contribution in [0.3, 0.4) is 0 Å². The standard InChI is InChI=1S/C33H30N4O3S/c1-3-39-26-13-9-23(10-14-26)36-22-6-8-30(36)32-31(29-7-4-5-21-34-29)35-33(41)37(32)24-11-15-27(16-12-24)40-28-19-17-25(38-2)18-20-28/h4-22,31-32H,3H2,1-2H3,(H,35,41)/t31-,32-/m0/s1. The number of rotatable bonds is 9. The lowest BCUT2D eigenvalue weighted by Gasteiger charge is -2.29. The summed E-state index contributed by atoms with van der Waals surface area (Å²) in [5, 5.41) is 4.18. The summed E-state index contributed by atoms with van der Waals surface area (Å²) in [6.07, 6.45) is 3.89. The molecule has 5 aromatic rings. The van der Waals surface area contributed by atoms with Gasteiger partial charge in [-0.05, 0) is 116 Å². The van der Waals surface area contributed by atoms with Gasteiger partial charge >= 0.3 is 0 Å². The third-order valence-electron chi connectivity index (χ3n) is 7.02. The largest absolute Gasteiger partial charge is 0.497 e. The summed E-state index contributed by atoms with van der Waals surface area (Å²) in [6, 6.07) is 33.5. The zero-order valence-corrected chi connectivity index (χ0v) is 23.6. The molecule has 3 heterocycles. The molecule has 41 heavy (non-hydrogen) atoms. The highest BCUT2D eigenvalue weighted by Gasteiger charge is 2.42. The first-order valence-corrected chi connectivity index (χ1v) is 13.9. The second kappa shape index (κ2) is 11.7. The van der Waals surface area contributed by atoms with Crippen molar-refractivity contribution >= 4 is 23.0 Å². The second-order valence-corrected chi connectivity index (χ2v) is 9.88. The van der Waals surface area contributed by atoms with Crippen molar-refractivity contribution in [1.29, 1.82) is 0 Å². The Morgan fingerprint density at radius 1 is 0.780 bits per heavy atom. The van der Waals surface area contributed by atoms with E-state index in [1.54, 1.807) is 7.11 Å². The molecule has 3 aromatic carbocycles. The topological polar surface area (TPSA) is 60.8 Å². The molecule has 0 radical (unpaired) electrons. The molecule has 206 valence electrons. The molecule has 1 N–H and O–H groups in total. The van der Waals surface area contributed by atoms with E-state index < -0.39 is 0 Å². The van der Waals surface area contributed by atoms with Crippen LogP contribution in [0.15, 0.2) is 116 Å². The first-order valence-electron chi connectivity index (χ1n) is 13.5. The minimum absolute atomic E-state index is 0.157. The number of ether oxygens (including phenoxy) is 3. The molecule has 8 heteroatoms. The molecule has 6 rings (SSSR count). The van der Waals surface area contributed by atoms with Crippen LogP contribution < -0.4 is 24.4 Å². The van der Waals surface area contributed by atoms with Gasteiger partial charge in [0, 0.05) is 29.5 Å². The van der Waals surface area contributed by atoms with Crippen molar-refractivity contribution in [2.45, 2.75) is 19.0 Å². The summed E-state index contributed by atoms with van der Waals surface area (Å²) in [7, 11) is 1.65. The number of hydrogen-bond acceptors (Lipinski definition) is 5. The fraction of sp³-hybridized carbons (Fsp3) is 0.152. The summed E-state index contributed by atoms with van der Waals surface area (Å²) < 4.78 is 19.2. The molecule has 2 atom stereocenters.